The minimum Gasteiger partial charge on any atom is -0.487 e. The van der Waals surface area contributed by atoms with E-state index in [0.717, 1.165) is 22.2 Å². The monoisotopic (exact) mass is 351 g/mol. The fraction of sp³-hybridized carbons (Fsp3) is 0.150. The maximum atomic E-state index is 11.5. The van der Waals surface area contributed by atoms with Gasteiger partial charge in [-0.05, 0) is 29.8 Å². The van der Waals surface area contributed by atoms with Gasteiger partial charge in [0.1, 0.15) is 12.4 Å². The largest absolute Gasteiger partial charge is 0.487 e. The quantitative estimate of drug-likeness (QED) is 0.659. The van der Waals surface area contributed by atoms with Crippen molar-refractivity contribution in [3.05, 3.63) is 71.9 Å². The van der Waals surface area contributed by atoms with Crippen LogP contribution in [-0.4, -0.2) is 28.6 Å². The Balaban J connectivity index is 1.55. The number of carbonyl (C=O) groups excluding carboxylic acids is 1. The number of benzene rings is 2. The lowest BCUT2D eigenvalue weighted by atomic mass is 10.1. The third kappa shape index (κ3) is 4.80. The van der Waals surface area contributed by atoms with Crippen molar-refractivity contribution in [1.82, 2.24) is 4.98 Å². The van der Waals surface area contributed by atoms with E-state index in [0.29, 0.717) is 12.4 Å². The second-order valence-electron chi connectivity index (χ2n) is 5.66. The number of hydrogen-bond donors (Lipinski definition) is 1. The number of pyridine rings is 1. The van der Waals surface area contributed by atoms with Crippen molar-refractivity contribution >= 4 is 22.8 Å². The highest BCUT2D eigenvalue weighted by Gasteiger charge is 2.07. The van der Waals surface area contributed by atoms with E-state index >= 15 is 0 Å². The van der Waals surface area contributed by atoms with Crippen LogP contribution in [0, 0.1) is 0 Å². The van der Waals surface area contributed by atoms with Crippen molar-refractivity contribution < 1.29 is 24.2 Å². The minimum absolute atomic E-state index is 0.0137. The molecule has 0 saturated heterocycles. The Morgan fingerprint density at radius 3 is 2.50 bits per heavy atom. The van der Waals surface area contributed by atoms with Gasteiger partial charge in [0.15, 0.2) is 6.61 Å². The standard InChI is InChI=1S/C20H17NO5/c22-19(23)13-26-20(24)11-14-5-9-17(10-6-14)25-12-16-8-7-15-3-1-2-4-18(15)21-16/h1-10H,11-13H2,(H,22,23). The zero-order chi connectivity index (χ0) is 18.4. The molecule has 1 heterocycles. The molecular formula is C20H17NO5. The first-order valence-corrected chi connectivity index (χ1v) is 8.04. The van der Waals surface area contributed by atoms with E-state index in [9.17, 15) is 9.59 Å². The minimum atomic E-state index is -1.18. The normalized spacial score (nSPS) is 10.5. The van der Waals surface area contributed by atoms with Gasteiger partial charge in [-0.3, -0.25) is 4.79 Å². The molecule has 0 aliphatic carbocycles. The van der Waals surface area contributed by atoms with Crippen LogP contribution in [0.15, 0.2) is 60.7 Å². The molecule has 0 saturated carbocycles. The highest BCUT2D eigenvalue weighted by atomic mass is 16.5. The van der Waals surface area contributed by atoms with E-state index < -0.39 is 18.5 Å². The smallest absolute Gasteiger partial charge is 0.341 e. The van der Waals surface area contributed by atoms with Crippen LogP contribution >= 0.6 is 0 Å². The Morgan fingerprint density at radius 1 is 0.962 bits per heavy atom. The topological polar surface area (TPSA) is 85.7 Å². The van der Waals surface area contributed by atoms with Crippen LogP contribution < -0.4 is 4.74 Å². The van der Waals surface area contributed by atoms with Gasteiger partial charge in [0.25, 0.3) is 0 Å². The lowest BCUT2D eigenvalue weighted by Crippen LogP contribution is -2.14. The Bertz CT molecular complexity index is 921. The molecule has 2 aromatic carbocycles. The summed E-state index contributed by atoms with van der Waals surface area (Å²) in [5.74, 6) is -1.10. The van der Waals surface area contributed by atoms with E-state index in [2.05, 4.69) is 9.72 Å². The van der Waals surface area contributed by atoms with Gasteiger partial charge < -0.3 is 14.6 Å². The van der Waals surface area contributed by atoms with Crippen LogP contribution in [0.25, 0.3) is 10.9 Å². The molecule has 1 aromatic heterocycles. The SMILES string of the molecule is O=C(O)COC(=O)Cc1ccc(OCc2ccc3ccccc3n2)cc1. The number of ether oxygens (including phenoxy) is 2. The summed E-state index contributed by atoms with van der Waals surface area (Å²) in [6.45, 7) is -0.288. The summed E-state index contributed by atoms with van der Waals surface area (Å²) >= 11 is 0. The van der Waals surface area contributed by atoms with Crippen LogP contribution in [0.2, 0.25) is 0 Å². The lowest BCUT2D eigenvalue weighted by Gasteiger charge is -2.08. The molecule has 26 heavy (non-hydrogen) atoms. The molecule has 0 atom stereocenters. The molecule has 1 N–H and O–H groups in total. The van der Waals surface area contributed by atoms with Crippen molar-refractivity contribution in [1.29, 1.82) is 0 Å². The van der Waals surface area contributed by atoms with Gasteiger partial charge >= 0.3 is 11.9 Å². The van der Waals surface area contributed by atoms with E-state index in [1.165, 1.54) is 0 Å². The molecule has 0 aliphatic rings. The second kappa shape index (κ2) is 8.11. The third-order valence-electron chi connectivity index (χ3n) is 3.67. The van der Waals surface area contributed by atoms with Crippen molar-refractivity contribution in [3.8, 4) is 5.75 Å². The van der Waals surface area contributed by atoms with Crippen molar-refractivity contribution in [2.45, 2.75) is 13.0 Å². The molecule has 0 fully saturated rings. The van der Waals surface area contributed by atoms with E-state index in [1.54, 1.807) is 24.3 Å². The van der Waals surface area contributed by atoms with Crippen LogP contribution in [0.4, 0.5) is 0 Å². The number of aromatic nitrogens is 1. The number of fused-ring (bicyclic) bond motifs is 1. The van der Waals surface area contributed by atoms with E-state index in [1.807, 2.05) is 36.4 Å². The average Bonchev–Trinajstić information content (AvgIpc) is 2.65. The first-order valence-electron chi connectivity index (χ1n) is 8.04. The van der Waals surface area contributed by atoms with Crippen LogP contribution in [0.1, 0.15) is 11.3 Å². The van der Waals surface area contributed by atoms with Gasteiger partial charge in [0, 0.05) is 5.39 Å². The van der Waals surface area contributed by atoms with Crippen LogP contribution in [0.5, 0.6) is 5.75 Å². The third-order valence-corrected chi connectivity index (χ3v) is 3.67. The molecule has 6 heteroatoms. The van der Waals surface area contributed by atoms with Gasteiger partial charge in [-0.15, -0.1) is 0 Å². The Hall–Kier alpha value is -3.41. The van der Waals surface area contributed by atoms with Crippen molar-refractivity contribution in [2.75, 3.05) is 6.61 Å². The van der Waals surface area contributed by atoms with Gasteiger partial charge in [-0.25, -0.2) is 9.78 Å². The molecule has 6 nitrogen and oxygen atoms in total. The highest BCUT2D eigenvalue weighted by Crippen LogP contribution is 2.16. The zero-order valence-corrected chi connectivity index (χ0v) is 13.9. The summed E-state index contributed by atoms with van der Waals surface area (Å²) < 4.78 is 10.3. The Morgan fingerprint density at radius 2 is 1.73 bits per heavy atom. The Labute approximate surface area is 150 Å². The highest BCUT2D eigenvalue weighted by molar-refractivity contribution is 5.78. The average molecular weight is 351 g/mol. The summed E-state index contributed by atoms with van der Waals surface area (Å²) in [6, 6.07) is 18.8. The number of aliphatic carboxylic acids is 1. The van der Waals surface area contributed by atoms with Crippen molar-refractivity contribution in [2.24, 2.45) is 0 Å². The van der Waals surface area contributed by atoms with Crippen LogP contribution in [-0.2, 0) is 27.4 Å². The molecular weight excluding hydrogens is 334 g/mol. The summed E-state index contributed by atoms with van der Waals surface area (Å²) in [5, 5.41) is 9.56. The maximum Gasteiger partial charge on any atom is 0.341 e. The van der Waals surface area contributed by atoms with Gasteiger partial charge in [0.2, 0.25) is 0 Å². The zero-order valence-electron chi connectivity index (χ0n) is 13.9. The number of carboxylic acids is 1. The molecule has 3 aromatic rings. The van der Waals surface area contributed by atoms with Crippen molar-refractivity contribution in [3.63, 3.8) is 0 Å². The molecule has 0 spiro atoms. The second-order valence-corrected chi connectivity index (χ2v) is 5.66. The first kappa shape index (κ1) is 17.4. The molecule has 0 bridgehead atoms. The first-order chi connectivity index (χ1) is 12.6. The molecule has 0 unspecified atom stereocenters. The summed E-state index contributed by atoms with van der Waals surface area (Å²) in [7, 11) is 0. The molecule has 132 valence electrons. The summed E-state index contributed by atoms with van der Waals surface area (Å²) in [4.78, 5) is 26.4. The van der Waals surface area contributed by atoms with E-state index in [-0.39, 0.29) is 6.42 Å². The fourth-order valence-corrected chi connectivity index (χ4v) is 2.41. The summed E-state index contributed by atoms with van der Waals surface area (Å²) in [6.07, 6.45) is 0.0137. The molecule has 3 rings (SSSR count). The fourth-order valence-electron chi connectivity index (χ4n) is 2.41. The van der Waals surface area contributed by atoms with Gasteiger partial charge in [0.05, 0.1) is 17.6 Å². The maximum absolute atomic E-state index is 11.5. The number of rotatable bonds is 7. The lowest BCUT2D eigenvalue weighted by molar-refractivity contribution is -0.154. The number of carbonyl (C=O) groups is 2. The summed E-state index contributed by atoms with van der Waals surface area (Å²) in [5.41, 5.74) is 2.46. The number of esters is 1. The number of para-hydroxylation sites is 1. The Kier molecular flexibility index (Phi) is 5.43. The molecule has 0 aliphatic heterocycles. The van der Waals surface area contributed by atoms with Crippen LogP contribution in [0.3, 0.4) is 0 Å². The van der Waals surface area contributed by atoms with E-state index in [4.69, 9.17) is 9.84 Å². The predicted octanol–water partition coefficient (Wildman–Crippen LogP) is 2.98. The molecule has 0 amide bonds. The number of hydrogen-bond acceptors (Lipinski definition) is 5. The number of nitrogens with zero attached hydrogens (tertiary/aromatic N) is 1. The van der Waals surface area contributed by atoms with Gasteiger partial charge in [-0.2, -0.15) is 0 Å². The molecule has 0 radical (unpaired) electrons. The number of carboxylic acid groups (broad SMARTS) is 1. The predicted molar refractivity (Wildman–Crippen MR) is 94.8 cm³/mol. The van der Waals surface area contributed by atoms with Gasteiger partial charge in [-0.1, -0.05) is 36.4 Å².